The van der Waals surface area contributed by atoms with Gasteiger partial charge in [-0.15, -0.1) is 13.2 Å². The number of nitrogens with one attached hydrogen (secondary N) is 1. The van der Waals surface area contributed by atoms with Crippen LogP contribution in [0.15, 0.2) is 30.0 Å². The summed E-state index contributed by atoms with van der Waals surface area (Å²) >= 11 is 0. The summed E-state index contributed by atoms with van der Waals surface area (Å²) in [6, 6.07) is 2.27. The Balaban J connectivity index is 2.28. The number of hydrogen-bond donors (Lipinski definition) is 1. The second kappa shape index (κ2) is 6.54. The Hall–Kier alpha value is -3.31. The number of benzene rings is 1. The monoisotopic (exact) mass is 376 g/mol. The van der Waals surface area contributed by atoms with E-state index in [1.807, 2.05) is 0 Å². The summed E-state index contributed by atoms with van der Waals surface area (Å²) in [5, 5.41) is 13.3. The van der Waals surface area contributed by atoms with Crippen molar-refractivity contribution in [1.82, 2.24) is 0 Å². The number of nitrogens with zero attached hydrogens (tertiary/aromatic N) is 1. The fraction of sp³-hybridized carbons (Fsp3) is 0.286. The number of nitro benzene ring substituents is 1. The van der Waals surface area contributed by atoms with Crippen molar-refractivity contribution < 1.29 is 41.9 Å². The van der Waals surface area contributed by atoms with Crippen LogP contribution >= 0.6 is 0 Å². The van der Waals surface area contributed by atoms with Crippen LogP contribution in [0.4, 0.5) is 24.5 Å². The number of esters is 2. The zero-order valence-corrected chi connectivity index (χ0v) is 13.2. The first kappa shape index (κ1) is 19.0. The quantitative estimate of drug-likeness (QED) is 0.280. The molecule has 0 spiro atoms. The number of nitro groups is 1. The number of ether oxygens (including phenoxy) is 3. The van der Waals surface area contributed by atoms with E-state index in [9.17, 15) is 32.9 Å². The average Bonchev–Trinajstić information content (AvgIpc) is 2.44. The van der Waals surface area contributed by atoms with E-state index < -0.39 is 46.0 Å². The van der Waals surface area contributed by atoms with Crippen LogP contribution < -0.4 is 10.1 Å². The standard InChI is InChI=1S/C14H11F3N2O7/c1-13(2)25-11(20)8(12(21)26-13)6-18-9-4-3-7(24-14(15,16)17)5-10(9)19(22)23/h3-6,18H,1-2H3. The lowest BCUT2D eigenvalue weighted by Crippen LogP contribution is -2.42. The number of hydrogen-bond acceptors (Lipinski definition) is 8. The van der Waals surface area contributed by atoms with Crippen molar-refractivity contribution in [1.29, 1.82) is 0 Å². The minimum atomic E-state index is -5.02. The molecule has 2 rings (SSSR count). The van der Waals surface area contributed by atoms with Crippen molar-refractivity contribution in [2.45, 2.75) is 26.0 Å². The summed E-state index contributed by atoms with van der Waals surface area (Å²) in [5.74, 6) is -4.33. The maximum absolute atomic E-state index is 12.2. The summed E-state index contributed by atoms with van der Waals surface area (Å²) in [4.78, 5) is 33.6. The largest absolute Gasteiger partial charge is 0.573 e. The van der Waals surface area contributed by atoms with Crippen molar-refractivity contribution in [3.05, 3.63) is 40.1 Å². The Labute approximate surface area is 143 Å². The number of carbonyl (C=O) groups excluding carboxylic acids is 2. The Morgan fingerprint density at radius 3 is 2.31 bits per heavy atom. The van der Waals surface area contributed by atoms with E-state index in [1.165, 1.54) is 13.8 Å². The molecule has 0 unspecified atom stereocenters. The van der Waals surface area contributed by atoms with Crippen LogP contribution in [0.25, 0.3) is 0 Å². The topological polar surface area (TPSA) is 117 Å². The molecule has 0 aromatic heterocycles. The molecule has 1 fully saturated rings. The second-order valence-electron chi connectivity index (χ2n) is 5.37. The van der Waals surface area contributed by atoms with E-state index in [-0.39, 0.29) is 5.69 Å². The third-order valence-electron chi connectivity index (χ3n) is 2.89. The van der Waals surface area contributed by atoms with Crippen molar-refractivity contribution in [3.8, 4) is 5.75 Å². The molecule has 1 aliphatic rings. The lowest BCUT2D eigenvalue weighted by atomic mass is 10.2. The summed E-state index contributed by atoms with van der Waals surface area (Å²) in [6.45, 7) is 2.66. The Morgan fingerprint density at radius 1 is 1.23 bits per heavy atom. The van der Waals surface area contributed by atoms with Crippen LogP contribution in [-0.4, -0.2) is 29.0 Å². The molecule has 0 radical (unpaired) electrons. The van der Waals surface area contributed by atoms with Crippen molar-refractivity contribution >= 4 is 23.3 Å². The maximum Gasteiger partial charge on any atom is 0.573 e. The van der Waals surface area contributed by atoms with Crippen LogP contribution in [-0.2, 0) is 19.1 Å². The molecule has 0 saturated carbocycles. The zero-order valence-electron chi connectivity index (χ0n) is 13.2. The smallest absolute Gasteiger partial charge is 0.419 e. The number of cyclic esters (lactones) is 2. The van der Waals surface area contributed by atoms with Gasteiger partial charge in [-0.1, -0.05) is 0 Å². The highest BCUT2D eigenvalue weighted by Gasteiger charge is 2.39. The number of alkyl halides is 3. The van der Waals surface area contributed by atoms with Gasteiger partial charge < -0.3 is 19.5 Å². The van der Waals surface area contributed by atoms with Gasteiger partial charge in [-0.3, -0.25) is 10.1 Å². The van der Waals surface area contributed by atoms with Gasteiger partial charge in [-0.2, -0.15) is 0 Å². The Kier molecular flexibility index (Phi) is 4.78. The van der Waals surface area contributed by atoms with Gasteiger partial charge in [-0.05, 0) is 12.1 Å². The predicted octanol–water partition coefficient (Wildman–Crippen LogP) is 2.63. The first-order chi connectivity index (χ1) is 11.9. The van der Waals surface area contributed by atoms with Crippen molar-refractivity contribution in [2.24, 2.45) is 0 Å². The van der Waals surface area contributed by atoms with Gasteiger partial charge in [-0.25, -0.2) is 9.59 Å². The van der Waals surface area contributed by atoms with Gasteiger partial charge in [0.2, 0.25) is 0 Å². The highest BCUT2D eigenvalue weighted by Crippen LogP contribution is 2.32. The maximum atomic E-state index is 12.2. The lowest BCUT2D eigenvalue weighted by molar-refractivity contribution is -0.384. The highest BCUT2D eigenvalue weighted by molar-refractivity contribution is 6.15. The zero-order chi connectivity index (χ0) is 19.7. The lowest BCUT2D eigenvalue weighted by Gasteiger charge is -2.29. The first-order valence-corrected chi connectivity index (χ1v) is 6.85. The van der Waals surface area contributed by atoms with E-state index in [4.69, 9.17) is 9.47 Å². The first-order valence-electron chi connectivity index (χ1n) is 6.85. The molecule has 1 N–H and O–H groups in total. The predicted molar refractivity (Wildman–Crippen MR) is 77.7 cm³/mol. The van der Waals surface area contributed by atoms with E-state index in [0.717, 1.165) is 18.3 Å². The Morgan fingerprint density at radius 2 is 1.81 bits per heavy atom. The van der Waals surface area contributed by atoms with Crippen LogP contribution in [0.1, 0.15) is 13.8 Å². The SMILES string of the molecule is CC1(C)OC(=O)C(=CNc2ccc(OC(F)(F)F)cc2[N+](=O)[O-])C(=O)O1. The molecule has 0 amide bonds. The number of rotatable bonds is 4. The number of anilines is 1. The van der Waals surface area contributed by atoms with Gasteiger partial charge in [0.15, 0.2) is 5.57 Å². The summed E-state index contributed by atoms with van der Waals surface area (Å²) in [7, 11) is 0. The summed E-state index contributed by atoms with van der Waals surface area (Å²) in [6.07, 6.45) is -4.22. The summed E-state index contributed by atoms with van der Waals surface area (Å²) < 4.78 is 49.8. The molecule has 0 atom stereocenters. The molecule has 1 aromatic rings. The molecule has 9 nitrogen and oxygen atoms in total. The van der Waals surface area contributed by atoms with Crippen LogP contribution in [0.3, 0.4) is 0 Å². The molecular formula is C14H11F3N2O7. The van der Waals surface area contributed by atoms with Crippen molar-refractivity contribution in [3.63, 3.8) is 0 Å². The van der Waals surface area contributed by atoms with Gasteiger partial charge >= 0.3 is 18.3 Å². The average molecular weight is 376 g/mol. The highest BCUT2D eigenvalue weighted by atomic mass is 19.4. The van der Waals surface area contributed by atoms with Crippen LogP contribution in [0, 0.1) is 10.1 Å². The van der Waals surface area contributed by atoms with Gasteiger partial charge in [0.05, 0.1) is 11.0 Å². The van der Waals surface area contributed by atoms with Crippen molar-refractivity contribution in [2.75, 3.05) is 5.32 Å². The third kappa shape index (κ3) is 4.62. The minimum absolute atomic E-state index is 0.289. The van der Waals surface area contributed by atoms with E-state index in [1.54, 1.807) is 0 Å². The molecule has 0 aliphatic carbocycles. The second-order valence-corrected chi connectivity index (χ2v) is 5.37. The number of halogens is 3. The van der Waals surface area contributed by atoms with Gasteiger partial charge in [0.25, 0.3) is 11.5 Å². The van der Waals surface area contributed by atoms with E-state index in [0.29, 0.717) is 6.07 Å². The molecule has 1 saturated heterocycles. The molecule has 1 heterocycles. The third-order valence-corrected chi connectivity index (χ3v) is 2.89. The Bertz CT molecular complexity index is 780. The van der Waals surface area contributed by atoms with Gasteiger partial charge in [0.1, 0.15) is 11.4 Å². The normalized spacial score (nSPS) is 16.4. The molecule has 0 bridgehead atoms. The fourth-order valence-corrected chi connectivity index (χ4v) is 1.91. The molecule has 12 heteroatoms. The molecule has 140 valence electrons. The molecular weight excluding hydrogens is 365 g/mol. The number of carbonyl (C=O) groups is 2. The summed E-state index contributed by atoms with van der Waals surface area (Å²) in [5.41, 5.74) is -1.64. The minimum Gasteiger partial charge on any atom is -0.419 e. The molecule has 26 heavy (non-hydrogen) atoms. The van der Waals surface area contributed by atoms with E-state index >= 15 is 0 Å². The molecule has 1 aromatic carbocycles. The molecule has 1 aliphatic heterocycles. The van der Waals surface area contributed by atoms with Gasteiger partial charge in [0, 0.05) is 20.0 Å². The fourth-order valence-electron chi connectivity index (χ4n) is 1.91. The van der Waals surface area contributed by atoms with Crippen LogP contribution in [0.5, 0.6) is 5.75 Å². The van der Waals surface area contributed by atoms with E-state index in [2.05, 4.69) is 10.1 Å². The van der Waals surface area contributed by atoms with Crippen LogP contribution in [0.2, 0.25) is 0 Å².